The Balaban J connectivity index is 1.55. The van der Waals surface area contributed by atoms with Crippen molar-refractivity contribution in [1.29, 1.82) is 5.26 Å². The minimum Gasteiger partial charge on any atom is -0.497 e. The maximum absolute atomic E-state index is 14.1. The summed E-state index contributed by atoms with van der Waals surface area (Å²) in [7, 11) is 1.65. The molecule has 0 atom stereocenters. The molecule has 2 aromatic heterocycles. The smallest absolute Gasteiger partial charge is 0.159 e. The van der Waals surface area contributed by atoms with E-state index in [2.05, 4.69) is 14.5 Å². The molecule has 1 aliphatic heterocycles. The second-order valence-corrected chi connectivity index (χ2v) is 7.96. The summed E-state index contributed by atoms with van der Waals surface area (Å²) in [5.41, 5.74) is 5.04. The van der Waals surface area contributed by atoms with Crippen molar-refractivity contribution >= 4 is 5.69 Å². The van der Waals surface area contributed by atoms with Crippen LogP contribution in [-0.2, 0) is 19.5 Å². The monoisotopic (exact) mass is 439 g/mol. The number of rotatable bonds is 5. The van der Waals surface area contributed by atoms with Gasteiger partial charge >= 0.3 is 0 Å². The van der Waals surface area contributed by atoms with E-state index in [4.69, 9.17) is 9.72 Å². The predicted molar refractivity (Wildman–Crippen MR) is 123 cm³/mol. The van der Waals surface area contributed by atoms with Crippen molar-refractivity contribution in [1.82, 2.24) is 14.5 Å². The average molecular weight is 439 g/mol. The number of fused-ring (bicyclic) bond motifs is 1. The summed E-state index contributed by atoms with van der Waals surface area (Å²) in [4.78, 5) is 11.6. The molecule has 0 amide bonds. The van der Waals surface area contributed by atoms with Gasteiger partial charge in [-0.1, -0.05) is 18.2 Å². The third kappa shape index (κ3) is 4.15. The zero-order chi connectivity index (χ0) is 22.8. The number of ether oxygens (including phenoxy) is 1. The zero-order valence-electron chi connectivity index (χ0n) is 18.2. The van der Waals surface area contributed by atoms with Gasteiger partial charge in [0.15, 0.2) is 5.82 Å². The van der Waals surface area contributed by atoms with Crippen molar-refractivity contribution in [3.05, 3.63) is 95.2 Å². The topological polar surface area (TPSA) is 67.0 Å². The number of imidazole rings is 1. The summed E-state index contributed by atoms with van der Waals surface area (Å²) in [5.74, 6) is 1.22. The van der Waals surface area contributed by atoms with Crippen LogP contribution in [0.25, 0.3) is 11.5 Å². The average Bonchev–Trinajstić information content (AvgIpc) is 3.22. The lowest BCUT2D eigenvalue weighted by Crippen LogP contribution is -2.31. The van der Waals surface area contributed by atoms with Crippen molar-refractivity contribution in [2.45, 2.75) is 19.5 Å². The van der Waals surface area contributed by atoms with Gasteiger partial charge in [0.1, 0.15) is 17.3 Å². The Labute approximate surface area is 191 Å². The quantitative estimate of drug-likeness (QED) is 0.456. The summed E-state index contributed by atoms with van der Waals surface area (Å²) < 4.78 is 21.6. The van der Waals surface area contributed by atoms with Gasteiger partial charge in [-0.3, -0.25) is 4.98 Å². The van der Waals surface area contributed by atoms with Gasteiger partial charge in [0.05, 0.1) is 36.7 Å². The van der Waals surface area contributed by atoms with Crippen LogP contribution >= 0.6 is 0 Å². The number of aromatic nitrogens is 3. The lowest BCUT2D eigenvalue weighted by atomic mass is 10.1. The number of nitrogens with zero attached hydrogens (tertiary/aromatic N) is 5. The first-order valence-electron chi connectivity index (χ1n) is 10.7. The van der Waals surface area contributed by atoms with Crippen molar-refractivity contribution in [3.8, 4) is 23.3 Å². The van der Waals surface area contributed by atoms with Gasteiger partial charge in [0.25, 0.3) is 0 Å². The number of nitriles is 1. The highest BCUT2D eigenvalue weighted by atomic mass is 19.1. The molecule has 0 N–H and O–H groups in total. The number of anilines is 1. The molecule has 2 aromatic carbocycles. The van der Waals surface area contributed by atoms with Gasteiger partial charge in [0, 0.05) is 31.4 Å². The Morgan fingerprint density at radius 2 is 1.97 bits per heavy atom. The Morgan fingerprint density at radius 3 is 2.70 bits per heavy atom. The molecule has 7 heteroatoms. The lowest BCUT2D eigenvalue weighted by molar-refractivity contribution is 0.414. The van der Waals surface area contributed by atoms with E-state index in [-0.39, 0.29) is 0 Å². The molecule has 1 aliphatic rings. The highest BCUT2D eigenvalue weighted by Gasteiger charge is 2.26. The standard InChI is InChI=1S/C26H22FN5O/c1-33-22-7-5-18(6-8-22)16-32-25-17-31(21-13-19(15-28)12-20(27)14-21)11-9-23(25)30-26(32)24-4-2-3-10-29-24/h2-8,10,12-14H,9,11,16-17H2,1H3. The second-order valence-electron chi connectivity index (χ2n) is 7.96. The van der Waals surface area contributed by atoms with Gasteiger partial charge in [-0.15, -0.1) is 0 Å². The minimum absolute atomic E-state index is 0.316. The van der Waals surface area contributed by atoms with Crippen LogP contribution in [-0.4, -0.2) is 28.2 Å². The Hall–Kier alpha value is -4.18. The number of benzene rings is 2. The highest BCUT2D eigenvalue weighted by Crippen LogP contribution is 2.30. The molecule has 33 heavy (non-hydrogen) atoms. The van der Waals surface area contributed by atoms with E-state index in [9.17, 15) is 9.65 Å². The third-order valence-corrected chi connectivity index (χ3v) is 5.89. The molecule has 0 bridgehead atoms. The van der Waals surface area contributed by atoms with Gasteiger partial charge in [-0.05, 0) is 48.0 Å². The normalized spacial score (nSPS) is 12.8. The van der Waals surface area contributed by atoms with Crippen molar-refractivity contribution in [2.75, 3.05) is 18.6 Å². The van der Waals surface area contributed by atoms with Crippen molar-refractivity contribution < 1.29 is 9.13 Å². The second kappa shape index (κ2) is 8.75. The molecule has 0 saturated heterocycles. The fourth-order valence-corrected chi connectivity index (χ4v) is 4.23. The first-order valence-corrected chi connectivity index (χ1v) is 10.7. The van der Waals surface area contributed by atoms with Gasteiger partial charge in [-0.2, -0.15) is 5.26 Å². The first kappa shape index (κ1) is 20.7. The van der Waals surface area contributed by atoms with E-state index in [1.807, 2.05) is 48.5 Å². The maximum Gasteiger partial charge on any atom is 0.159 e. The van der Waals surface area contributed by atoms with Gasteiger partial charge in [0.2, 0.25) is 0 Å². The van der Waals surface area contributed by atoms with Crippen molar-refractivity contribution in [2.24, 2.45) is 0 Å². The summed E-state index contributed by atoms with van der Waals surface area (Å²) >= 11 is 0. The lowest BCUT2D eigenvalue weighted by Gasteiger charge is -2.30. The largest absolute Gasteiger partial charge is 0.497 e. The number of halogens is 1. The maximum atomic E-state index is 14.1. The molecule has 164 valence electrons. The van der Waals surface area contributed by atoms with Crippen molar-refractivity contribution in [3.63, 3.8) is 0 Å². The molecular formula is C26H22FN5O. The van der Waals surface area contributed by atoms with E-state index in [1.165, 1.54) is 12.1 Å². The summed E-state index contributed by atoms with van der Waals surface area (Å²) in [5, 5.41) is 9.25. The van der Waals surface area contributed by atoms with Gasteiger partial charge in [-0.25, -0.2) is 9.37 Å². The van der Waals surface area contributed by atoms with E-state index in [0.717, 1.165) is 40.6 Å². The number of pyridine rings is 1. The third-order valence-electron chi connectivity index (χ3n) is 5.89. The van der Waals surface area contributed by atoms with E-state index in [1.54, 1.807) is 19.4 Å². The van der Waals surface area contributed by atoms with Crippen LogP contribution < -0.4 is 9.64 Å². The molecule has 0 unspecified atom stereocenters. The number of hydrogen-bond acceptors (Lipinski definition) is 5. The molecule has 0 aliphatic carbocycles. The van der Waals surface area contributed by atoms with E-state index >= 15 is 0 Å². The van der Waals surface area contributed by atoms with Crippen LogP contribution in [0.4, 0.5) is 10.1 Å². The molecule has 6 nitrogen and oxygen atoms in total. The summed E-state index contributed by atoms with van der Waals surface area (Å²) in [6.07, 6.45) is 2.49. The molecule has 0 saturated carbocycles. The minimum atomic E-state index is -0.407. The zero-order valence-corrected chi connectivity index (χ0v) is 18.2. The number of hydrogen-bond donors (Lipinski definition) is 0. The van der Waals surface area contributed by atoms with Gasteiger partial charge < -0.3 is 14.2 Å². The summed E-state index contributed by atoms with van der Waals surface area (Å²) in [6.45, 7) is 1.89. The fraction of sp³-hybridized carbons (Fsp3) is 0.192. The van der Waals surface area contributed by atoms with Crippen LogP contribution in [0.1, 0.15) is 22.5 Å². The van der Waals surface area contributed by atoms with Crippen LogP contribution in [0, 0.1) is 17.1 Å². The van der Waals surface area contributed by atoms with Crippen LogP contribution in [0.5, 0.6) is 5.75 Å². The molecule has 3 heterocycles. The molecule has 4 aromatic rings. The SMILES string of the molecule is COc1ccc(Cn2c(-c3ccccn3)nc3c2CN(c2cc(F)cc(C#N)c2)CC3)cc1. The fourth-order valence-electron chi connectivity index (χ4n) is 4.23. The van der Waals surface area contributed by atoms with Crippen LogP contribution in [0.15, 0.2) is 66.9 Å². The Bertz CT molecular complexity index is 1330. The molecule has 0 radical (unpaired) electrons. The molecule has 0 spiro atoms. The molecule has 5 rings (SSSR count). The van der Waals surface area contributed by atoms with Crippen LogP contribution in [0.2, 0.25) is 0 Å². The molecular weight excluding hydrogens is 417 g/mol. The number of methoxy groups -OCH3 is 1. The molecule has 0 fully saturated rings. The predicted octanol–water partition coefficient (Wildman–Crippen LogP) is 4.58. The Kier molecular flexibility index (Phi) is 5.49. The van der Waals surface area contributed by atoms with E-state index in [0.29, 0.717) is 30.9 Å². The highest BCUT2D eigenvalue weighted by molar-refractivity contribution is 5.56. The Morgan fingerprint density at radius 1 is 1.12 bits per heavy atom. The summed E-state index contributed by atoms with van der Waals surface area (Å²) in [6, 6.07) is 20.3. The van der Waals surface area contributed by atoms with Crippen LogP contribution in [0.3, 0.4) is 0 Å². The first-order chi connectivity index (χ1) is 16.1. The van der Waals surface area contributed by atoms with E-state index < -0.39 is 5.82 Å².